The van der Waals surface area contributed by atoms with Gasteiger partial charge in [-0.3, -0.25) is 4.68 Å². The molecule has 1 unspecified atom stereocenters. The molecule has 3 aromatic rings. The minimum Gasteiger partial charge on any atom is -0.309 e. The lowest BCUT2D eigenvalue weighted by Gasteiger charge is -2.17. The van der Waals surface area contributed by atoms with Gasteiger partial charge in [0.2, 0.25) is 0 Å². The molecule has 1 aromatic heterocycles. The van der Waals surface area contributed by atoms with Crippen LogP contribution >= 0.6 is 0 Å². The third-order valence-electron chi connectivity index (χ3n) is 5.42. The molecule has 2 heterocycles. The molecule has 4 nitrogen and oxygen atoms in total. The van der Waals surface area contributed by atoms with Gasteiger partial charge in [-0.15, -0.1) is 0 Å². The van der Waals surface area contributed by atoms with Crippen LogP contribution in [0.25, 0.3) is 0 Å². The molecule has 4 heteroatoms. The summed E-state index contributed by atoms with van der Waals surface area (Å²) < 4.78 is 1.99. The minimum atomic E-state index is 0.582. The van der Waals surface area contributed by atoms with E-state index in [1.165, 1.54) is 29.7 Å². The van der Waals surface area contributed by atoms with Crippen LogP contribution in [0, 0.1) is 0 Å². The molecular formula is C23H28N4. The highest BCUT2D eigenvalue weighted by Gasteiger charge is 2.21. The highest BCUT2D eigenvalue weighted by atomic mass is 15.3. The summed E-state index contributed by atoms with van der Waals surface area (Å²) >= 11 is 0. The summed E-state index contributed by atoms with van der Waals surface area (Å²) in [5, 5.41) is 8.11. The van der Waals surface area contributed by atoms with Crippen LogP contribution in [0.1, 0.15) is 23.1 Å². The lowest BCUT2D eigenvalue weighted by atomic mass is 10.1. The molecule has 2 aromatic carbocycles. The van der Waals surface area contributed by atoms with Crippen molar-refractivity contribution in [3.8, 4) is 0 Å². The van der Waals surface area contributed by atoms with Crippen molar-refractivity contribution < 1.29 is 0 Å². The van der Waals surface area contributed by atoms with E-state index in [4.69, 9.17) is 0 Å². The van der Waals surface area contributed by atoms with Gasteiger partial charge in [-0.05, 0) is 42.1 Å². The second kappa shape index (κ2) is 8.98. The van der Waals surface area contributed by atoms with Crippen molar-refractivity contribution in [2.75, 3.05) is 19.6 Å². The highest BCUT2D eigenvalue weighted by molar-refractivity contribution is 5.27. The van der Waals surface area contributed by atoms with E-state index in [1.54, 1.807) is 0 Å². The van der Waals surface area contributed by atoms with E-state index in [9.17, 15) is 0 Å². The fourth-order valence-corrected chi connectivity index (χ4v) is 3.84. The molecule has 1 saturated heterocycles. The molecule has 1 atom stereocenters. The van der Waals surface area contributed by atoms with Gasteiger partial charge in [0, 0.05) is 38.1 Å². The molecule has 0 bridgehead atoms. The first-order valence-electron chi connectivity index (χ1n) is 9.91. The van der Waals surface area contributed by atoms with E-state index in [0.717, 1.165) is 32.6 Å². The van der Waals surface area contributed by atoms with Crippen LogP contribution in [-0.4, -0.2) is 40.4 Å². The maximum absolute atomic E-state index is 4.34. The Bertz CT molecular complexity index is 813. The largest absolute Gasteiger partial charge is 0.309 e. The zero-order chi connectivity index (χ0) is 18.3. The number of hydrogen-bond acceptors (Lipinski definition) is 3. The van der Waals surface area contributed by atoms with Gasteiger partial charge in [-0.25, -0.2) is 0 Å². The molecule has 0 spiro atoms. The van der Waals surface area contributed by atoms with Crippen LogP contribution in [-0.2, 0) is 19.5 Å². The molecule has 0 amide bonds. The summed E-state index contributed by atoms with van der Waals surface area (Å²) in [6, 6.07) is 22.0. The van der Waals surface area contributed by atoms with Crippen molar-refractivity contribution in [3.05, 3.63) is 89.7 Å². The monoisotopic (exact) mass is 360 g/mol. The predicted molar refractivity (Wildman–Crippen MR) is 110 cm³/mol. The maximum Gasteiger partial charge on any atom is 0.0662 e. The minimum absolute atomic E-state index is 0.582. The van der Waals surface area contributed by atoms with Crippen LogP contribution < -0.4 is 5.32 Å². The number of likely N-dealkylation sites (tertiary alicyclic amines) is 1. The first-order valence-corrected chi connectivity index (χ1v) is 9.91. The average molecular weight is 361 g/mol. The van der Waals surface area contributed by atoms with Crippen LogP contribution in [0.3, 0.4) is 0 Å². The van der Waals surface area contributed by atoms with E-state index in [1.807, 2.05) is 23.1 Å². The molecule has 0 radical (unpaired) electrons. The van der Waals surface area contributed by atoms with E-state index in [2.05, 4.69) is 69.9 Å². The van der Waals surface area contributed by atoms with Gasteiger partial charge in [-0.2, -0.15) is 5.10 Å². The predicted octanol–water partition coefficient (Wildman–Crippen LogP) is 3.34. The standard InChI is InChI=1S/C23H28N4/c1-2-7-20(8-3-1)11-15-26-16-12-23(19-26)24-17-21-9-4-5-10-22(21)18-27-14-6-13-25-27/h1-10,13-14,23-24H,11-12,15-19H2. The molecule has 1 fully saturated rings. The summed E-state index contributed by atoms with van der Waals surface area (Å²) in [4.78, 5) is 2.58. The average Bonchev–Trinajstić information content (AvgIpc) is 3.38. The van der Waals surface area contributed by atoms with Crippen molar-refractivity contribution in [1.82, 2.24) is 20.0 Å². The Kier molecular flexibility index (Phi) is 5.97. The number of nitrogens with one attached hydrogen (secondary N) is 1. The van der Waals surface area contributed by atoms with Gasteiger partial charge in [0.1, 0.15) is 0 Å². The molecule has 0 aliphatic carbocycles. The molecule has 0 saturated carbocycles. The zero-order valence-electron chi connectivity index (χ0n) is 15.8. The highest BCUT2D eigenvalue weighted by Crippen LogP contribution is 2.14. The van der Waals surface area contributed by atoms with Crippen LogP contribution in [0.4, 0.5) is 0 Å². The van der Waals surface area contributed by atoms with E-state index in [0.29, 0.717) is 6.04 Å². The van der Waals surface area contributed by atoms with E-state index in [-0.39, 0.29) is 0 Å². The fraction of sp³-hybridized carbons (Fsp3) is 0.348. The summed E-state index contributed by atoms with van der Waals surface area (Å²) in [6.45, 7) is 5.25. The summed E-state index contributed by atoms with van der Waals surface area (Å²) in [5.74, 6) is 0. The zero-order valence-corrected chi connectivity index (χ0v) is 15.8. The first-order chi connectivity index (χ1) is 13.4. The number of aromatic nitrogens is 2. The Hall–Kier alpha value is -2.43. The third kappa shape index (κ3) is 5.06. The smallest absolute Gasteiger partial charge is 0.0662 e. The van der Waals surface area contributed by atoms with Crippen molar-refractivity contribution in [2.45, 2.75) is 32.0 Å². The first kappa shape index (κ1) is 18.0. The SMILES string of the molecule is c1ccc(CCN2CCC(NCc3ccccc3Cn3cccn3)C2)cc1. The summed E-state index contributed by atoms with van der Waals surface area (Å²) in [7, 11) is 0. The lowest BCUT2D eigenvalue weighted by molar-refractivity contribution is 0.331. The Labute approximate surface area is 161 Å². The van der Waals surface area contributed by atoms with Crippen LogP contribution in [0.2, 0.25) is 0 Å². The van der Waals surface area contributed by atoms with Crippen molar-refractivity contribution >= 4 is 0 Å². The molecule has 4 rings (SSSR count). The topological polar surface area (TPSA) is 33.1 Å². The fourth-order valence-electron chi connectivity index (χ4n) is 3.84. The normalized spacial score (nSPS) is 17.4. The Morgan fingerprint density at radius 1 is 0.963 bits per heavy atom. The summed E-state index contributed by atoms with van der Waals surface area (Å²) in [6.07, 6.45) is 6.23. The van der Waals surface area contributed by atoms with E-state index < -0.39 is 0 Å². The molecule has 1 aliphatic rings. The van der Waals surface area contributed by atoms with Crippen molar-refractivity contribution in [1.29, 1.82) is 0 Å². The maximum atomic E-state index is 4.34. The Morgan fingerprint density at radius 2 is 1.78 bits per heavy atom. The van der Waals surface area contributed by atoms with Gasteiger partial charge < -0.3 is 10.2 Å². The number of hydrogen-bond donors (Lipinski definition) is 1. The van der Waals surface area contributed by atoms with Gasteiger partial charge in [-0.1, -0.05) is 54.6 Å². The Balaban J connectivity index is 1.26. The molecular weight excluding hydrogens is 332 g/mol. The van der Waals surface area contributed by atoms with Gasteiger partial charge in [0.15, 0.2) is 0 Å². The molecule has 1 aliphatic heterocycles. The lowest BCUT2D eigenvalue weighted by Crippen LogP contribution is -2.33. The van der Waals surface area contributed by atoms with Gasteiger partial charge in [0.25, 0.3) is 0 Å². The quantitative estimate of drug-likeness (QED) is 0.669. The van der Waals surface area contributed by atoms with E-state index >= 15 is 0 Å². The molecule has 27 heavy (non-hydrogen) atoms. The molecule has 140 valence electrons. The van der Waals surface area contributed by atoms with Crippen LogP contribution in [0.5, 0.6) is 0 Å². The molecule has 1 N–H and O–H groups in total. The second-order valence-electron chi connectivity index (χ2n) is 7.38. The number of nitrogens with zero attached hydrogens (tertiary/aromatic N) is 3. The number of rotatable bonds is 8. The summed E-state index contributed by atoms with van der Waals surface area (Å²) in [5.41, 5.74) is 4.14. The number of benzene rings is 2. The second-order valence-corrected chi connectivity index (χ2v) is 7.38. The van der Waals surface area contributed by atoms with Crippen molar-refractivity contribution in [3.63, 3.8) is 0 Å². The van der Waals surface area contributed by atoms with Gasteiger partial charge in [0.05, 0.1) is 6.54 Å². The van der Waals surface area contributed by atoms with Gasteiger partial charge >= 0.3 is 0 Å². The Morgan fingerprint density at radius 3 is 2.59 bits per heavy atom. The van der Waals surface area contributed by atoms with Crippen LogP contribution in [0.15, 0.2) is 73.1 Å². The van der Waals surface area contributed by atoms with Crippen molar-refractivity contribution in [2.24, 2.45) is 0 Å². The third-order valence-corrected chi connectivity index (χ3v) is 5.42.